The van der Waals surface area contributed by atoms with Gasteiger partial charge in [0.25, 0.3) is 0 Å². The Morgan fingerprint density at radius 3 is 2.52 bits per heavy atom. The number of benzene rings is 1. The minimum Gasteiger partial charge on any atom is -0.496 e. The van der Waals surface area contributed by atoms with Gasteiger partial charge < -0.3 is 4.74 Å². The van der Waals surface area contributed by atoms with E-state index in [1.165, 1.54) is 0 Å². The summed E-state index contributed by atoms with van der Waals surface area (Å²) in [4.78, 5) is 4.50. The first kappa shape index (κ1) is 15.6. The molecule has 1 heterocycles. The van der Waals surface area contributed by atoms with Crippen molar-refractivity contribution < 1.29 is 17.9 Å². The highest BCUT2D eigenvalue weighted by molar-refractivity contribution is 5.89. The predicted molar refractivity (Wildman–Crippen MR) is 76.8 cm³/mol. The van der Waals surface area contributed by atoms with Crippen LogP contribution in [0.4, 0.5) is 13.2 Å². The second-order valence-corrected chi connectivity index (χ2v) is 5.12. The third kappa shape index (κ3) is 3.46. The van der Waals surface area contributed by atoms with Gasteiger partial charge in [-0.05, 0) is 49.9 Å². The van der Waals surface area contributed by atoms with Crippen molar-refractivity contribution in [3.8, 4) is 5.75 Å². The Bertz CT molecular complexity index is 650. The second kappa shape index (κ2) is 5.92. The quantitative estimate of drug-likeness (QED) is 0.812. The normalized spacial score (nSPS) is 11.9. The molecule has 2 rings (SSSR count). The van der Waals surface area contributed by atoms with Crippen LogP contribution in [0.5, 0.6) is 5.75 Å². The molecule has 2 aromatic rings. The lowest BCUT2D eigenvalue weighted by Crippen LogP contribution is -2.08. The Hall–Kier alpha value is -1.78. The van der Waals surface area contributed by atoms with Crippen molar-refractivity contribution in [3.63, 3.8) is 0 Å². The van der Waals surface area contributed by atoms with Crippen LogP contribution in [0.25, 0.3) is 10.9 Å². The van der Waals surface area contributed by atoms with Crippen molar-refractivity contribution in [2.24, 2.45) is 0 Å². The number of fused-ring (bicyclic) bond motifs is 1. The largest absolute Gasteiger partial charge is 0.496 e. The van der Waals surface area contributed by atoms with Gasteiger partial charge in [-0.3, -0.25) is 4.98 Å². The molecule has 0 bridgehead atoms. The van der Waals surface area contributed by atoms with Crippen molar-refractivity contribution in [1.82, 2.24) is 4.98 Å². The van der Waals surface area contributed by atoms with E-state index in [4.69, 9.17) is 4.74 Å². The number of methoxy groups -OCH3 is 1. The number of aromatic nitrogens is 1. The Kier molecular flexibility index (Phi) is 4.40. The molecular weight excluding hydrogens is 279 g/mol. The maximum atomic E-state index is 12.4. The number of halogens is 3. The van der Waals surface area contributed by atoms with Gasteiger partial charge in [0.2, 0.25) is 0 Å². The van der Waals surface area contributed by atoms with E-state index in [0.717, 1.165) is 27.7 Å². The summed E-state index contributed by atoms with van der Waals surface area (Å²) in [6.45, 7) is 3.78. The zero-order valence-electron chi connectivity index (χ0n) is 12.3. The molecule has 0 amide bonds. The average molecular weight is 297 g/mol. The monoisotopic (exact) mass is 297 g/mol. The number of nitrogens with zero attached hydrogens (tertiary/aromatic N) is 1. The summed E-state index contributed by atoms with van der Waals surface area (Å²) in [5, 5.41) is 0.824. The summed E-state index contributed by atoms with van der Waals surface area (Å²) in [5.74, 6) is 0.658. The fourth-order valence-electron chi connectivity index (χ4n) is 2.53. The lowest BCUT2D eigenvalue weighted by molar-refractivity contribution is -0.135. The summed E-state index contributed by atoms with van der Waals surface area (Å²) in [6.07, 6.45) is -4.45. The van der Waals surface area contributed by atoms with Crippen molar-refractivity contribution in [2.75, 3.05) is 7.11 Å². The summed E-state index contributed by atoms with van der Waals surface area (Å²) in [5.41, 5.74) is 3.45. The first-order chi connectivity index (χ1) is 9.83. The van der Waals surface area contributed by atoms with Gasteiger partial charge in [-0.25, -0.2) is 0 Å². The van der Waals surface area contributed by atoms with Gasteiger partial charge in [-0.15, -0.1) is 0 Å². The fraction of sp³-hybridized carbons (Fsp3) is 0.438. The topological polar surface area (TPSA) is 22.1 Å². The molecule has 0 saturated carbocycles. The van der Waals surface area contributed by atoms with E-state index in [9.17, 15) is 13.2 Å². The minimum absolute atomic E-state index is 0.0704. The number of ether oxygens (including phenoxy) is 1. The third-order valence-electron chi connectivity index (χ3n) is 3.70. The molecule has 0 atom stereocenters. The highest BCUT2D eigenvalue weighted by Crippen LogP contribution is 2.33. The van der Waals surface area contributed by atoms with Gasteiger partial charge in [-0.2, -0.15) is 13.2 Å². The number of rotatable bonds is 4. The van der Waals surface area contributed by atoms with Crippen molar-refractivity contribution in [3.05, 3.63) is 35.0 Å². The van der Waals surface area contributed by atoms with Crippen molar-refractivity contribution >= 4 is 10.9 Å². The summed E-state index contributed by atoms with van der Waals surface area (Å²) in [7, 11) is 1.56. The maximum Gasteiger partial charge on any atom is 0.389 e. The van der Waals surface area contributed by atoms with E-state index >= 15 is 0 Å². The maximum absolute atomic E-state index is 12.4. The van der Waals surface area contributed by atoms with E-state index in [0.29, 0.717) is 12.2 Å². The van der Waals surface area contributed by atoms with Crippen LogP contribution in [0.15, 0.2) is 18.2 Å². The highest BCUT2D eigenvalue weighted by Gasteiger charge is 2.26. The number of alkyl halides is 3. The van der Waals surface area contributed by atoms with Gasteiger partial charge in [0.1, 0.15) is 5.75 Å². The van der Waals surface area contributed by atoms with Crippen LogP contribution >= 0.6 is 0 Å². The Morgan fingerprint density at radius 1 is 1.19 bits per heavy atom. The molecule has 5 heteroatoms. The van der Waals surface area contributed by atoms with Crippen molar-refractivity contribution in [1.29, 1.82) is 0 Å². The van der Waals surface area contributed by atoms with Crippen LogP contribution in [-0.2, 0) is 6.42 Å². The molecular formula is C16H18F3NO. The van der Waals surface area contributed by atoms with Gasteiger partial charge in [0, 0.05) is 17.5 Å². The summed E-state index contributed by atoms with van der Waals surface area (Å²) < 4.78 is 42.4. The smallest absolute Gasteiger partial charge is 0.389 e. The molecule has 0 aliphatic heterocycles. The lowest BCUT2D eigenvalue weighted by Gasteiger charge is -2.15. The first-order valence-electron chi connectivity index (χ1n) is 6.83. The zero-order chi connectivity index (χ0) is 15.6. The van der Waals surface area contributed by atoms with Gasteiger partial charge in [-0.1, -0.05) is 6.07 Å². The Balaban J connectivity index is 2.46. The Labute approximate surface area is 121 Å². The summed E-state index contributed by atoms with van der Waals surface area (Å²) in [6, 6.07) is 5.51. The number of hydrogen-bond donors (Lipinski definition) is 0. The van der Waals surface area contributed by atoms with Crippen LogP contribution in [0.1, 0.15) is 29.7 Å². The SMILES string of the molecule is COc1cccc2nc(C)c(C)c(CCCC(F)(F)F)c12. The first-order valence-corrected chi connectivity index (χ1v) is 6.83. The third-order valence-corrected chi connectivity index (χ3v) is 3.70. The molecule has 0 saturated heterocycles. The molecule has 2 nitrogen and oxygen atoms in total. The molecule has 0 aliphatic carbocycles. The molecule has 0 spiro atoms. The molecule has 21 heavy (non-hydrogen) atoms. The van der Waals surface area contributed by atoms with Gasteiger partial charge in [0.15, 0.2) is 0 Å². The van der Waals surface area contributed by atoms with Crippen molar-refractivity contribution in [2.45, 2.75) is 39.3 Å². The second-order valence-electron chi connectivity index (χ2n) is 5.12. The average Bonchev–Trinajstić information content (AvgIpc) is 2.41. The molecule has 1 aromatic heterocycles. The molecule has 0 N–H and O–H groups in total. The molecule has 0 unspecified atom stereocenters. The zero-order valence-corrected chi connectivity index (χ0v) is 12.3. The van der Waals surface area contributed by atoms with E-state index in [1.807, 2.05) is 32.0 Å². The summed E-state index contributed by atoms with van der Waals surface area (Å²) >= 11 is 0. The van der Waals surface area contributed by atoms with Crippen LogP contribution in [0, 0.1) is 13.8 Å². The Morgan fingerprint density at radius 2 is 1.90 bits per heavy atom. The van der Waals surface area contributed by atoms with Crippen LogP contribution < -0.4 is 4.74 Å². The predicted octanol–water partition coefficient (Wildman–Crippen LogP) is 4.75. The van der Waals surface area contributed by atoms with Crippen LogP contribution in [0.3, 0.4) is 0 Å². The van der Waals surface area contributed by atoms with Gasteiger partial charge in [0.05, 0.1) is 12.6 Å². The molecule has 0 fully saturated rings. The van der Waals surface area contributed by atoms with Crippen LogP contribution in [-0.4, -0.2) is 18.3 Å². The lowest BCUT2D eigenvalue weighted by atomic mass is 9.96. The fourth-order valence-corrected chi connectivity index (χ4v) is 2.53. The minimum atomic E-state index is -4.12. The number of pyridine rings is 1. The van der Waals surface area contributed by atoms with E-state index in [1.54, 1.807) is 7.11 Å². The number of aryl methyl sites for hydroxylation is 2. The molecule has 0 aliphatic rings. The van der Waals surface area contributed by atoms with E-state index < -0.39 is 12.6 Å². The molecule has 114 valence electrons. The van der Waals surface area contributed by atoms with Crippen LogP contribution in [0.2, 0.25) is 0 Å². The number of hydrogen-bond acceptors (Lipinski definition) is 2. The van der Waals surface area contributed by atoms with Gasteiger partial charge >= 0.3 is 6.18 Å². The highest BCUT2D eigenvalue weighted by atomic mass is 19.4. The molecule has 1 aromatic carbocycles. The molecule has 0 radical (unpaired) electrons. The van der Waals surface area contributed by atoms with E-state index in [2.05, 4.69) is 4.98 Å². The van der Waals surface area contributed by atoms with E-state index in [-0.39, 0.29) is 6.42 Å². The standard InChI is InChI=1S/C16H18F3NO/c1-10-11(2)20-13-7-4-8-14(21-3)15(13)12(10)6-5-9-16(17,18)19/h4,7-8H,5-6,9H2,1-3H3.